The molecule has 5 aliphatic carbocycles. The summed E-state index contributed by atoms with van der Waals surface area (Å²) in [6.45, 7) is 11.9. The van der Waals surface area contributed by atoms with Gasteiger partial charge in [-0.25, -0.2) is 0 Å². The summed E-state index contributed by atoms with van der Waals surface area (Å²) in [7, 11) is 0. The standard InChI is InChI=1S/C30H50O4/c1-26-13-10-23-28(3,15-12-25(34)30(23,5)18-32)21(26)9-7-20-19(16-26)6-8-22-27(20,2)14-11-24(33)29(22,4)17-31/h6,20-25,31-34H,7-18H2,1-5H3. The Bertz CT molecular complexity index is 840. The van der Waals surface area contributed by atoms with Crippen molar-refractivity contribution < 1.29 is 20.4 Å². The highest BCUT2D eigenvalue weighted by molar-refractivity contribution is 5.25. The average molecular weight is 475 g/mol. The molecule has 0 aliphatic heterocycles. The lowest BCUT2D eigenvalue weighted by atomic mass is 9.42. The summed E-state index contributed by atoms with van der Waals surface area (Å²) in [6.07, 6.45) is 12.2. The smallest absolute Gasteiger partial charge is 0.0618 e. The van der Waals surface area contributed by atoms with E-state index in [9.17, 15) is 20.4 Å². The monoisotopic (exact) mass is 474 g/mol. The van der Waals surface area contributed by atoms with Crippen molar-refractivity contribution in [3.05, 3.63) is 11.6 Å². The van der Waals surface area contributed by atoms with E-state index < -0.39 is 23.0 Å². The van der Waals surface area contributed by atoms with Gasteiger partial charge in [-0.05, 0) is 104 Å². The van der Waals surface area contributed by atoms with Gasteiger partial charge < -0.3 is 20.4 Å². The van der Waals surface area contributed by atoms with Gasteiger partial charge in [-0.15, -0.1) is 0 Å². The van der Waals surface area contributed by atoms with E-state index >= 15 is 0 Å². The van der Waals surface area contributed by atoms with Gasteiger partial charge in [-0.3, -0.25) is 0 Å². The van der Waals surface area contributed by atoms with Crippen molar-refractivity contribution in [1.29, 1.82) is 0 Å². The molecular formula is C30H50O4. The number of rotatable bonds is 2. The van der Waals surface area contributed by atoms with E-state index in [0.29, 0.717) is 23.7 Å². The third-order valence-corrected chi connectivity index (χ3v) is 13.2. The van der Waals surface area contributed by atoms with Crippen LogP contribution in [0.5, 0.6) is 0 Å². The first-order valence-corrected chi connectivity index (χ1v) is 14.2. The lowest BCUT2D eigenvalue weighted by Crippen LogP contribution is -2.60. The molecule has 11 unspecified atom stereocenters. The molecular weight excluding hydrogens is 424 g/mol. The molecule has 0 radical (unpaired) electrons. The van der Waals surface area contributed by atoms with Gasteiger partial charge in [0.1, 0.15) is 0 Å². The van der Waals surface area contributed by atoms with E-state index in [4.69, 9.17) is 0 Å². The van der Waals surface area contributed by atoms with Gasteiger partial charge in [0.15, 0.2) is 0 Å². The zero-order chi connectivity index (χ0) is 24.7. The summed E-state index contributed by atoms with van der Waals surface area (Å²) < 4.78 is 0. The molecule has 4 saturated carbocycles. The minimum Gasteiger partial charge on any atom is -0.396 e. The molecule has 0 aromatic carbocycles. The van der Waals surface area contributed by atoms with Crippen molar-refractivity contribution in [2.45, 2.75) is 111 Å². The fourth-order valence-electron chi connectivity index (χ4n) is 11.0. The second kappa shape index (κ2) is 8.04. The molecule has 0 aromatic heterocycles. The fourth-order valence-corrected chi connectivity index (χ4v) is 11.0. The van der Waals surface area contributed by atoms with Crippen molar-refractivity contribution in [3.8, 4) is 0 Å². The van der Waals surface area contributed by atoms with Crippen molar-refractivity contribution in [2.75, 3.05) is 13.2 Å². The van der Waals surface area contributed by atoms with Crippen molar-refractivity contribution in [3.63, 3.8) is 0 Å². The lowest BCUT2D eigenvalue weighted by Gasteiger charge is -2.64. The highest BCUT2D eigenvalue weighted by Gasteiger charge is 2.64. The summed E-state index contributed by atoms with van der Waals surface area (Å²) in [5, 5.41) is 42.6. The second-order valence-corrected chi connectivity index (χ2v) is 14.6. The quantitative estimate of drug-likeness (QED) is 0.421. The summed E-state index contributed by atoms with van der Waals surface area (Å²) in [5.41, 5.74) is 1.39. The van der Waals surface area contributed by atoms with Gasteiger partial charge in [-0.2, -0.15) is 0 Å². The maximum absolute atomic E-state index is 10.9. The molecule has 11 atom stereocenters. The molecule has 0 amide bonds. The van der Waals surface area contributed by atoms with Crippen LogP contribution in [0.3, 0.4) is 0 Å². The van der Waals surface area contributed by atoms with Crippen LogP contribution in [0, 0.1) is 50.7 Å². The maximum atomic E-state index is 10.9. The van der Waals surface area contributed by atoms with Gasteiger partial charge in [0.05, 0.1) is 25.4 Å². The molecule has 0 aromatic rings. The van der Waals surface area contributed by atoms with Crippen LogP contribution in [0.1, 0.15) is 98.8 Å². The Labute approximate surface area is 207 Å². The number of aliphatic hydroxyl groups is 4. The summed E-state index contributed by atoms with van der Waals surface area (Å²) >= 11 is 0. The van der Waals surface area contributed by atoms with E-state index in [1.165, 1.54) is 25.7 Å². The van der Waals surface area contributed by atoms with Gasteiger partial charge in [0.2, 0.25) is 0 Å². The molecule has 4 heteroatoms. The van der Waals surface area contributed by atoms with Crippen LogP contribution in [0.25, 0.3) is 0 Å². The van der Waals surface area contributed by atoms with Crippen LogP contribution >= 0.6 is 0 Å². The second-order valence-electron chi connectivity index (χ2n) is 14.6. The summed E-state index contributed by atoms with van der Waals surface area (Å²) in [5.74, 6) is 1.82. The van der Waals surface area contributed by atoms with Crippen LogP contribution in [0.15, 0.2) is 11.6 Å². The average Bonchev–Trinajstić information content (AvgIpc) is 2.96. The highest BCUT2D eigenvalue weighted by atomic mass is 16.3. The molecule has 0 spiro atoms. The van der Waals surface area contributed by atoms with Crippen LogP contribution in [-0.2, 0) is 0 Å². The van der Waals surface area contributed by atoms with Gasteiger partial charge in [0.25, 0.3) is 0 Å². The minimum absolute atomic E-state index is 0.0620. The number of fused-ring (bicyclic) bond motifs is 6. The predicted octanol–water partition coefficient (Wildman–Crippen LogP) is 5.08. The predicted molar refractivity (Wildman–Crippen MR) is 135 cm³/mol. The van der Waals surface area contributed by atoms with E-state index in [0.717, 1.165) is 38.5 Å². The van der Waals surface area contributed by atoms with Crippen LogP contribution < -0.4 is 0 Å². The topological polar surface area (TPSA) is 80.9 Å². The molecule has 0 bridgehead atoms. The lowest BCUT2D eigenvalue weighted by molar-refractivity contribution is -0.189. The van der Waals surface area contributed by atoms with Gasteiger partial charge in [0, 0.05) is 10.8 Å². The number of allylic oxidation sites excluding steroid dienone is 2. The van der Waals surface area contributed by atoms with Crippen LogP contribution in [0.2, 0.25) is 0 Å². The Hall–Kier alpha value is -0.420. The largest absolute Gasteiger partial charge is 0.396 e. The molecule has 5 aliphatic rings. The third kappa shape index (κ3) is 3.17. The fraction of sp³-hybridized carbons (Fsp3) is 0.933. The summed E-state index contributed by atoms with van der Waals surface area (Å²) in [4.78, 5) is 0. The number of hydrogen-bond acceptors (Lipinski definition) is 4. The van der Waals surface area contributed by atoms with Crippen molar-refractivity contribution in [1.82, 2.24) is 0 Å². The third-order valence-electron chi connectivity index (χ3n) is 13.2. The Balaban J connectivity index is 1.50. The molecule has 4 N–H and O–H groups in total. The highest BCUT2D eigenvalue weighted by Crippen LogP contribution is 2.70. The van der Waals surface area contributed by atoms with Gasteiger partial charge in [-0.1, -0.05) is 46.3 Å². The van der Waals surface area contributed by atoms with Gasteiger partial charge >= 0.3 is 0 Å². The maximum Gasteiger partial charge on any atom is 0.0618 e. The van der Waals surface area contributed by atoms with E-state index in [2.05, 4.69) is 40.7 Å². The molecule has 4 fully saturated rings. The SMILES string of the molecule is CC12CCC3C(C)(CO)C(O)CCC3(C)C1CCC1C(=CCC3C(C)(CO)C(O)CCC13C)C2. The van der Waals surface area contributed by atoms with Crippen LogP contribution in [-0.4, -0.2) is 45.8 Å². The van der Waals surface area contributed by atoms with E-state index in [1.54, 1.807) is 5.57 Å². The Kier molecular flexibility index (Phi) is 5.97. The first-order chi connectivity index (χ1) is 15.9. The van der Waals surface area contributed by atoms with Crippen molar-refractivity contribution >= 4 is 0 Å². The Morgan fingerprint density at radius 3 is 1.91 bits per heavy atom. The van der Waals surface area contributed by atoms with Crippen LogP contribution in [0.4, 0.5) is 0 Å². The molecule has 0 heterocycles. The van der Waals surface area contributed by atoms with Crippen molar-refractivity contribution in [2.24, 2.45) is 50.7 Å². The first-order valence-electron chi connectivity index (χ1n) is 14.2. The Morgan fingerprint density at radius 1 is 0.706 bits per heavy atom. The number of aliphatic hydroxyl groups excluding tert-OH is 4. The first kappa shape index (κ1) is 25.2. The molecule has 34 heavy (non-hydrogen) atoms. The van der Waals surface area contributed by atoms with E-state index in [-0.39, 0.29) is 29.5 Å². The minimum atomic E-state index is -0.419. The normalized spacial score (nSPS) is 57.4. The molecule has 4 nitrogen and oxygen atoms in total. The number of hydrogen-bond donors (Lipinski definition) is 4. The zero-order valence-corrected chi connectivity index (χ0v) is 22.3. The summed E-state index contributed by atoms with van der Waals surface area (Å²) in [6, 6.07) is 0. The zero-order valence-electron chi connectivity index (χ0n) is 22.3. The molecule has 0 saturated heterocycles. The van der Waals surface area contributed by atoms with E-state index in [1.807, 2.05) is 0 Å². The Morgan fingerprint density at radius 2 is 1.29 bits per heavy atom. The molecule has 5 rings (SSSR count). The molecule has 194 valence electrons.